The molecule has 0 fully saturated rings. The SMILES string of the molecule is CN=C(NCc1cccc(OCC(N)=O)c1)NCc1csc(N(C)C)n1. The Morgan fingerprint density at radius 2 is 2.12 bits per heavy atom. The van der Waals surface area contributed by atoms with Crippen LogP contribution in [-0.4, -0.2) is 44.6 Å². The highest BCUT2D eigenvalue weighted by Gasteiger charge is 2.05. The van der Waals surface area contributed by atoms with Crippen LogP contribution in [0.5, 0.6) is 5.75 Å². The van der Waals surface area contributed by atoms with E-state index in [2.05, 4.69) is 20.6 Å². The van der Waals surface area contributed by atoms with Gasteiger partial charge in [0.25, 0.3) is 5.91 Å². The van der Waals surface area contributed by atoms with Crippen LogP contribution in [0.25, 0.3) is 0 Å². The lowest BCUT2D eigenvalue weighted by Gasteiger charge is -2.12. The number of aromatic nitrogens is 1. The monoisotopic (exact) mass is 376 g/mol. The van der Waals surface area contributed by atoms with Gasteiger partial charge in [0.15, 0.2) is 17.7 Å². The molecule has 140 valence electrons. The van der Waals surface area contributed by atoms with Crippen molar-refractivity contribution in [3.63, 3.8) is 0 Å². The number of benzene rings is 1. The highest BCUT2D eigenvalue weighted by atomic mass is 32.1. The van der Waals surface area contributed by atoms with Crippen LogP contribution in [0.15, 0.2) is 34.6 Å². The van der Waals surface area contributed by atoms with Crippen LogP contribution in [0.3, 0.4) is 0 Å². The van der Waals surface area contributed by atoms with Gasteiger partial charge in [-0.05, 0) is 17.7 Å². The van der Waals surface area contributed by atoms with Crippen LogP contribution in [0.2, 0.25) is 0 Å². The molecular weight excluding hydrogens is 352 g/mol. The Labute approximate surface area is 157 Å². The smallest absolute Gasteiger partial charge is 0.255 e. The number of hydrogen-bond acceptors (Lipinski definition) is 6. The number of carbonyl (C=O) groups excluding carboxylic acids is 1. The van der Waals surface area contributed by atoms with Crippen molar-refractivity contribution < 1.29 is 9.53 Å². The standard InChI is InChI=1S/C17H24N6O2S/c1-19-16(21-9-13-11-26-17(22-13)23(2)3)20-8-12-5-4-6-14(7-12)25-10-15(18)24/h4-7,11H,8-10H2,1-3H3,(H2,18,24)(H2,19,20,21). The number of amides is 1. The molecule has 1 heterocycles. The number of nitrogens with zero attached hydrogens (tertiary/aromatic N) is 3. The molecular formula is C17H24N6O2S. The molecule has 2 aromatic rings. The molecule has 0 spiro atoms. The minimum atomic E-state index is -0.502. The molecule has 2 rings (SSSR count). The summed E-state index contributed by atoms with van der Waals surface area (Å²) in [7, 11) is 5.66. The summed E-state index contributed by atoms with van der Waals surface area (Å²) in [5, 5.41) is 9.46. The number of guanidine groups is 1. The van der Waals surface area contributed by atoms with Crippen LogP contribution in [0.4, 0.5) is 5.13 Å². The predicted octanol–water partition coefficient (Wildman–Crippen LogP) is 0.938. The summed E-state index contributed by atoms with van der Waals surface area (Å²) < 4.78 is 5.31. The van der Waals surface area contributed by atoms with Crippen molar-refractivity contribution in [3.8, 4) is 5.75 Å². The highest BCUT2D eigenvalue weighted by Crippen LogP contribution is 2.17. The molecule has 0 atom stereocenters. The van der Waals surface area contributed by atoms with Crippen molar-refractivity contribution >= 4 is 28.3 Å². The van der Waals surface area contributed by atoms with E-state index in [0.29, 0.717) is 24.8 Å². The van der Waals surface area contributed by atoms with Crippen molar-refractivity contribution in [1.29, 1.82) is 0 Å². The van der Waals surface area contributed by atoms with Crippen LogP contribution in [0, 0.1) is 0 Å². The first-order valence-corrected chi connectivity index (χ1v) is 8.92. The van der Waals surface area contributed by atoms with Crippen molar-refractivity contribution in [2.75, 3.05) is 32.6 Å². The van der Waals surface area contributed by atoms with Gasteiger partial charge in [-0.15, -0.1) is 11.3 Å². The first-order chi connectivity index (χ1) is 12.5. The van der Waals surface area contributed by atoms with E-state index in [9.17, 15) is 4.79 Å². The first kappa shape index (κ1) is 19.5. The third-order valence-corrected chi connectivity index (χ3v) is 4.38. The van der Waals surface area contributed by atoms with Gasteiger partial charge in [0.1, 0.15) is 5.75 Å². The molecule has 0 unspecified atom stereocenters. The molecule has 0 aliphatic rings. The van der Waals surface area contributed by atoms with Gasteiger partial charge in [-0.2, -0.15) is 0 Å². The van der Waals surface area contributed by atoms with E-state index in [1.54, 1.807) is 24.5 Å². The Kier molecular flexibility index (Phi) is 7.22. The number of carbonyl (C=O) groups is 1. The molecule has 1 aromatic carbocycles. The summed E-state index contributed by atoms with van der Waals surface area (Å²) in [4.78, 5) is 21.5. The van der Waals surface area contributed by atoms with E-state index in [4.69, 9.17) is 10.5 Å². The van der Waals surface area contributed by atoms with Gasteiger partial charge >= 0.3 is 0 Å². The fourth-order valence-corrected chi connectivity index (χ4v) is 2.82. The van der Waals surface area contributed by atoms with E-state index in [1.807, 2.05) is 42.6 Å². The van der Waals surface area contributed by atoms with Gasteiger partial charge in [0.05, 0.1) is 12.2 Å². The van der Waals surface area contributed by atoms with Crippen LogP contribution in [-0.2, 0) is 17.9 Å². The zero-order chi connectivity index (χ0) is 18.9. The Morgan fingerprint density at radius 3 is 2.77 bits per heavy atom. The molecule has 4 N–H and O–H groups in total. The molecule has 0 saturated carbocycles. The number of nitrogens with two attached hydrogens (primary N) is 1. The normalized spacial score (nSPS) is 11.1. The molecule has 1 aromatic heterocycles. The second kappa shape index (κ2) is 9.62. The second-order valence-electron chi connectivity index (χ2n) is 5.70. The number of ether oxygens (including phenoxy) is 1. The van der Waals surface area contributed by atoms with E-state index < -0.39 is 5.91 Å². The fourth-order valence-electron chi connectivity index (χ4n) is 2.06. The minimum Gasteiger partial charge on any atom is -0.484 e. The third-order valence-electron chi connectivity index (χ3n) is 3.32. The Balaban J connectivity index is 1.84. The second-order valence-corrected chi connectivity index (χ2v) is 6.53. The number of hydrogen-bond donors (Lipinski definition) is 3. The van der Waals surface area contributed by atoms with Crippen molar-refractivity contribution in [1.82, 2.24) is 15.6 Å². The highest BCUT2D eigenvalue weighted by molar-refractivity contribution is 7.13. The van der Waals surface area contributed by atoms with Crippen molar-refractivity contribution in [2.45, 2.75) is 13.1 Å². The number of thiazole rings is 1. The predicted molar refractivity (Wildman–Crippen MR) is 105 cm³/mol. The molecule has 1 amide bonds. The summed E-state index contributed by atoms with van der Waals surface area (Å²) in [6, 6.07) is 7.46. The Morgan fingerprint density at radius 1 is 1.35 bits per heavy atom. The van der Waals surface area contributed by atoms with Crippen LogP contribution < -0.4 is 26.0 Å². The van der Waals surface area contributed by atoms with E-state index in [-0.39, 0.29) is 6.61 Å². The summed E-state index contributed by atoms with van der Waals surface area (Å²) in [5.41, 5.74) is 7.05. The van der Waals surface area contributed by atoms with Gasteiger partial charge in [-0.1, -0.05) is 12.1 Å². The van der Waals surface area contributed by atoms with Crippen LogP contribution in [0.1, 0.15) is 11.3 Å². The number of aliphatic imine (C=N–C) groups is 1. The lowest BCUT2D eigenvalue weighted by Crippen LogP contribution is -2.36. The summed E-state index contributed by atoms with van der Waals surface area (Å²) in [5.74, 6) is 0.773. The zero-order valence-electron chi connectivity index (χ0n) is 15.2. The number of anilines is 1. The number of rotatable bonds is 8. The maximum Gasteiger partial charge on any atom is 0.255 e. The molecule has 0 aliphatic heterocycles. The van der Waals surface area contributed by atoms with Crippen molar-refractivity contribution in [3.05, 3.63) is 40.9 Å². The van der Waals surface area contributed by atoms with Crippen LogP contribution >= 0.6 is 11.3 Å². The van der Waals surface area contributed by atoms with Crippen molar-refractivity contribution in [2.24, 2.45) is 10.7 Å². The summed E-state index contributed by atoms with van der Waals surface area (Å²) in [6.07, 6.45) is 0. The summed E-state index contributed by atoms with van der Waals surface area (Å²) >= 11 is 1.60. The topological polar surface area (TPSA) is 105 Å². The molecule has 0 radical (unpaired) electrons. The van der Waals surface area contributed by atoms with Gasteiger partial charge in [0.2, 0.25) is 0 Å². The molecule has 0 aliphatic carbocycles. The molecule has 8 nitrogen and oxygen atoms in total. The first-order valence-electron chi connectivity index (χ1n) is 8.04. The fraction of sp³-hybridized carbons (Fsp3) is 0.353. The minimum absolute atomic E-state index is 0.136. The van der Waals surface area contributed by atoms with Gasteiger partial charge in [-0.25, -0.2) is 4.98 Å². The third kappa shape index (κ3) is 6.25. The quantitative estimate of drug-likeness (QED) is 0.468. The Bertz CT molecular complexity index is 759. The zero-order valence-corrected chi connectivity index (χ0v) is 16.0. The van der Waals surface area contributed by atoms with Gasteiger partial charge in [-0.3, -0.25) is 9.79 Å². The lowest BCUT2D eigenvalue weighted by molar-refractivity contribution is -0.119. The molecule has 9 heteroatoms. The molecule has 0 bridgehead atoms. The van der Waals surface area contributed by atoms with E-state index >= 15 is 0 Å². The maximum absolute atomic E-state index is 10.8. The molecule has 0 saturated heterocycles. The van der Waals surface area contributed by atoms with E-state index in [0.717, 1.165) is 16.4 Å². The van der Waals surface area contributed by atoms with E-state index in [1.165, 1.54) is 0 Å². The average Bonchev–Trinajstić information content (AvgIpc) is 3.10. The number of primary amides is 1. The number of nitrogens with one attached hydrogen (secondary N) is 2. The average molecular weight is 376 g/mol. The largest absolute Gasteiger partial charge is 0.484 e. The maximum atomic E-state index is 10.8. The summed E-state index contributed by atoms with van der Waals surface area (Å²) in [6.45, 7) is 1.02. The van der Waals surface area contributed by atoms with Gasteiger partial charge < -0.3 is 26.0 Å². The van der Waals surface area contributed by atoms with Gasteiger partial charge in [0, 0.05) is 33.1 Å². The Hall–Kier alpha value is -2.81. The lowest BCUT2D eigenvalue weighted by atomic mass is 10.2. The molecule has 26 heavy (non-hydrogen) atoms.